The van der Waals surface area contributed by atoms with Gasteiger partial charge in [0.25, 0.3) is 5.91 Å². The predicted molar refractivity (Wildman–Crippen MR) is 110 cm³/mol. The second-order valence-electron chi connectivity index (χ2n) is 8.26. The van der Waals surface area contributed by atoms with Gasteiger partial charge in [0.1, 0.15) is 5.76 Å². The Kier molecular flexibility index (Phi) is 5.73. The molecule has 0 aliphatic rings. The summed E-state index contributed by atoms with van der Waals surface area (Å²) in [5.74, 6) is -0.182. The fraction of sp³-hybridized carbons (Fsp3) is 0.381. The van der Waals surface area contributed by atoms with E-state index in [1.54, 1.807) is 6.92 Å². The molecule has 9 heteroatoms. The maximum absolute atomic E-state index is 12.8. The number of hydrogen-bond donors (Lipinski definition) is 1. The molecular formula is C21H25N5O4. The number of nitrogens with zero attached hydrogens (tertiary/aromatic N) is 4. The third-order valence-corrected chi connectivity index (χ3v) is 4.96. The first-order valence-electron chi connectivity index (χ1n) is 9.60. The first-order valence-corrected chi connectivity index (χ1v) is 9.60. The van der Waals surface area contributed by atoms with Gasteiger partial charge >= 0.3 is 5.82 Å². The zero-order valence-electron chi connectivity index (χ0n) is 17.7. The molecule has 30 heavy (non-hydrogen) atoms. The molecule has 158 valence electrons. The summed E-state index contributed by atoms with van der Waals surface area (Å²) >= 11 is 0. The minimum absolute atomic E-state index is 0.0553. The van der Waals surface area contributed by atoms with E-state index in [1.807, 2.05) is 19.1 Å². The monoisotopic (exact) mass is 411 g/mol. The molecule has 1 amide bonds. The van der Waals surface area contributed by atoms with Gasteiger partial charge in [-0.1, -0.05) is 50.2 Å². The van der Waals surface area contributed by atoms with Gasteiger partial charge in [0.15, 0.2) is 5.69 Å². The summed E-state index contributed by atoms with van der Waals surface area (Å²) in [6.07, 6.45) is 1.48. The van der Waals surface area contributed by atoms with Gasteiger partial charge in [-0.15, -0.1) is 0 Å². The molecule has 9 nitrogen and oxygen atoms in total. The van der Waals surface area contributed by atoms with Crippen molar-refractivity contribution < 1.29 is 14.2 Å². The molecule has 1 atom stereocenters. The highest BCUT2D eigenvalue weighted by molar-refractivity contribution is 5.94. The summed E-state index contributed by atoms with van der Waals surface area (Å²) in [6.45, 7) is 10.2. The molecule has 0 saturated heterocycles. The van der Waals surface area contributed by atoms with E-state index in [4.69, 9.17) is 4.52 Å². The Hall–Kier alpha value is -3.49. The number of aryl methyl sites for hydroxylation is 1. The Morgan fingerprint density at radius 3 is 2.50 bits per heavy atom. The number of nitrogens with one attached hydrogen (secondary N) is 1. The van der Waals surface area contributed by atoms with Gasteiger partial charge in [-0.05, 0) is 35.3 Å². The largest absolute Gasteiger partial charge is 0.389 e. The minimum atomic E-state index is -0.572. The average molecular weight is 411 g/mol. The van der Waals surface area contributed by atoms with Gasteiger partial charge in [-0.3, -0.25) is 4.79 Å². The SMILES string of the molecule is Cc1onc(C(=O)NC(C)c2ccc(C(C)(C)C)cc2)c1Cn1ccc([N+](=O)[O-])n1. The number of nitro groups is 1. The zero-order chi connectivity index (χ0) is 22.1. The highest BCUT2D eigenvalue weighted by Crippen LogP contribution is 2.24. The summed E-state index contributed by atoms with van der Waals surface area (Å²) in [4.78, 5) is 23.1. The van der Waals surface area contributed by atoms with Crippen LogP contribution in [-0.4, -0.2) is 25.8 Å². The quantitative estimate of drug-likeness (QED) is 0.485. The first kappa shape index (κ1) is 21.2. The second kappa shape index (κ2) is 8.10. The Balaban J connectivity index is 1.74. The fourth-order valence-corrected chi connectivity index (χ4v) is 3.07. The van der Waals surface area contributed by atoms with Crippen molar-refractivity contribution in [1.29, 1.82) is 0 Å². The molecule has 1 N–H and O–H groups in total. The van der Waals surface area contributed by atoms with E-state index in [9.17, 15) is 14.9 Å². The highest BCUT2D eigenvalue weighted by Gasteiger charge is 2.24. The van der Waals surface area contributed by atoms with Crippen molar-refractivity contribution in [2.24, 2.45) is 0 Å². The topological polar surface area (TPSA) is 116 Å². The molecule has 2 aromatic heterocycles. The third kappa shape index (κ3) is 4.56. The Bertz CT molecular complexity index is 1060. The normalized spacial score (nSPS) is 12.6. The molecule has 2 heterocycles. The smallest absolute Gasteiger partial charge is 0.361 e. The van der Waals surface area contributed by atoms with E-state index in [1.165, 1.54) is 22.5 Å². The van der Waals surface area contributed by atoms with Crippen LogP contribution >= 0.6 is 0 Å². The van der Waals surface area contributed by atoms with Crippen LogP contribution in [0.3, 0.4) is 0 Å². The number of hydrogen-bond acceptors (Lipinski definition) is 6. The zero-order valence-corrected chi connectivity index (χ0v) is 17.7. The number of carbonyl (C=O) groups is 1. The Morgan fingerprint density at radius 1 is 1.27 bits per heavy atom. The lowest BCUT2D eigenvalue weighted by Gasteiger charge is -2.20. The van der Waals surface area contributed by atoms with E-state index in [-0.39, 0.29) is 35.4 Å². The lowest BCUT2D eigenvalue weighted by atomic mass is 9.86. The molecule has 0 radical (unpaired) electrons. The van der Waals surface area contributed by atoms with Crippen LogP contribution < -0.4 is 5.32 Å². The molecule has 0 saturated carbocycles. The van der Waals surface area contributed by atoms with E-state index >= 15 is 0 Å². The lowest BCUT2D eigenvalue weighted by Crippen LogP contribution is -2.28. The van der Waals surface area contributed by atoms with Crippen molar-refractivity contribution in [2.45, 2.75) is 52.6 Å². The van der Waals surface area contributed by atoms with Gasteiger partial charge in [-0.2, -0.15) is 4.68 Å². The van der Waals surface area contributed by atoms with E-state index in [0.29, 0.717) is 11.3 Å². The summed E-state index contributed by atoms with van der Waals surface area (Å²) in [7, 11) is 0. The van der Waals surface area contributed by atoms with Crippen LogP contribution in [-0.2, 0) is 12.0 Å². The van der Waals surface area contributed by atoms with Crippen molar-refractivity contribution >= 4 is 11.7 Å². The predicted octanol–water partition coefficient (Wildman–Crippen LogP) is 3.92. The van der Waals surface area contributed by atoms with Crippen molar-refractivity contribution in [3.8, 4) is 0 Å². The van der Waals surface area contributed by atoms with Crippen molar-refractivity contribution in [2.75, 3.05) is 0 Å². The van der Waals surface area contributed by atoms with Crippen LogP contribution in [0.5, 0.6) is 0 Å². The van der Waals surface area contributed by atoms with Crippen LogP contribution in [0.15, 0.2) is 41.1 Å². The van der Waals surface area contributed by atoms with Gasteiger partial charge in [-0.25, -0.2) is 0 Å². The molecule has 0 spiro atoms. The maximum atomic E-state index is 12.8. The van der Waals surface area contributed by atoms with E-state index in [2.05, 4.69) is 48.5 Å². The van der Waals surface area contributed by atoms with E-state index < -0.39 is 4.92 Å². The van der Waals surface area contributed by atoms with Crippen LogP contribution in [0, 0.1) is 17.0 Å². The number of benzene rings is 1. The van der Waals surface area contributed by atoms with Crippen LogP contribution in [0.4, 0.5) is 5.82 Å². The van der Waals surface area contributed by atoms with Crippen molar-refractivity contribution in [3.05, 3.63) is 74.8 Å². The number of rotatable bonds is 6. The molecule has 0 aliphatic carbocycles. The summed E-state index contributed by atoms with van der Waals surface area (Å²) in [6, 6.07) is 9.20. The summed E-state index contributed by atoms with van der Waals surface area (Å²) < 4.78 is 6.58. The highest BCUT2D eigenvalue weighted by atomic mass is 16.6. The van der Waals surface area contributed by atoms with Crippen LogP contribution in [0.2, 0.25) is 0 Å². The molecule has 3 rings (SSSR count). The lowest BCUT2D eigenvalue weighted by molar-refractivity contribution is -0.389. The molecule has 1 unspecified atom stereocenters. The summed E-state index contributed by atoms with van der Waals surface area (Å²) in [5.41, 5.74) is 2.91. The van der Waals surface area contributed by atoms with Crippen molar-refractivity contribution in [1.82, 2.24) is 20.3 Å². The molecule has 0 aliphatic heterocycles. The maximum Gasteiger partial charge on any atom is 0.389 e. The van der Waals surface area contributed by atoms with Crippen LogP contribution in [0.25, 0.3) is 0 Å². The second-order valence-corrected chi connectivity index (χ2v) is 8.26. The Morgan fingerprint density at radius 2 is 1.93 bits per heavy atom. The minimum Gasteiger partial charge on any atom is -0.361 e. The van der Waals surface area contributed by atoms with Gasteiger partial charge in [0.05, 0.1) is 35.5 Å². The fourth-order valence-electron chi connectivity index (χ4n) is 3.07. The molecule has 1 aromatic carbocycles. The van der Waals surface area contributed by atoms with Crippen LogP contribution in [0.1, 0.15) is 66.7 Å². The third-order valence-electron chi connectivity index (χ3n) is 4.96. The molecule has 0 fully saturated rings. The number of carbonyl (C=O) groups excluding carboxylic acids is 1. The van der Waals surface area contributed by atoms with Gasteiger partial charge < -0.3 is 20.0 Å². The number of aromatic nitrogens is 3. The summed E-state index contributed by atoms with van der Waals surface area (Å²) in [5, 5.41) is 21.5. The van der Waals surface area contributed by atoms with Gasteiger partial charge in [0.2, 0.25) is 0 Å². The first-order chi connectivity index (χ1) is 14.1. The molecule has 3 aromatic rings. The average Bonchev–Trinajstić information content (AvgIpc) is 3.29. The Labute approximate surface area is 174 Å². The molecular weight excluding hydrogens is 386 g/mol. The standard InChI is InChI=1S/C21H25N5O4/c1-13(15-6-8-16(9-7-15)21(3,4)5)22-20(27)19-17(14(2)30-24-19)12-25-11-10-18(23-25)26(28)29/h6-11,13H,12H2,1-5H3,(H,22,27). The van der Waals surface area contributed by atoms with E-state index in [0.717, 1.165) is 5.56 Å². The number of amides is 1. The molecule has 0 bridgehead atoms. The van der Waals surface area contributed by atoms with Crippen molar-refractivity contribution in [3.63, 3.8) is 0 Å². The van der Waals surface area contributed by atoms with Gasteiger partial charge in [0, 0.05) is 0 Å².